The summed E-state index contributed by atoms with van der Waals surface area (Å²) in [4.78, 5) is 0. The number of rotatable bonds is 5. The molecule has 1 unspecified atom stereocenters. The highest BCUT2D eigenvalue weighted by molar-refractivity contribution is 5.44. The molecule has 1 saturated carbocycles. The van der Waals surface area contributed by atoms with Crippen LogP contribution >= 0.6 is 0 Å². The van der Waals surface area contributed by atoms with Crippen molar-refractivity contribution >= 4 is 0 Å². The van der Waals surface area contributed by atoms with Crippen molar-refractivity contribution in [2.45, 2.75) is 50.2 Å². The summed E-state index contributed by atoms with van der Waals surface area (Å²) in [5.74, 6) is 1.30. The molecule has 0 spiro atoms. The first-order valence-electron chi connectivity index (χ1n) is 7.62. The number of benzene rings is 1. The van der Waals surface area contributed by atoms with E-state index in [0.29, 0.717) is 11.5 Å². The maximum absolute atomic E-state index is 10.9. The third kappa shape index (κ3) is 3.33. The van der Waals surface area contributed by atoms with E-state index >= 15 is 0 Å². The first-order valence-corrected chi connectivity index (χ1v) is 7.62. The molecule has 0 aliphatic heterocycles. The monoisotopic (exact) mass is 294 g/mol. The van der Waals surface area contributed by atoms with E-state index in [4.69, 9.17) is 14.2 Å². The number of aliphatic hydroxyl groups excluding tert-OH is 1. The molecule has 1 aromatic rings. The van der Waals surface area contributed by atoms with Crippen LogP contribution in [0.2, 0.25) is 0 Å². The largest absolute Gasteiger partial charge is 0.493 e. The van der Waals surface area contributed by atoms with Gasteiger partial charge in [-0.1, -0.05) is 31.7 Å². The van der Waals surface area contributed by atoms with Gasteiger partial charge in [0, 0.05) is 7.11 Å². The van der Waals surface area contributed by atoms with Gasteiger partial charge in [-0.2, -0.15) is 0 Å². The molecule has 118 valence electrons. The smallest absolute Gasteiger partial charge is 0.161 e. The Morgan fingerprint density at radius 1 is 0.952 bits per heavy atom. The van der Waals surface area contributed by atoms with E-state index in [9.17, 15) is 5.11 Å². The number of methoxy groups -OCH3 is 3. The molecule has 1 aliphatic rings. The molecular formula is C17H26O4. The van der Waals surface area contributed by atoms with Crippen LogP contribution in [0.4, 0.5) is 0 Å². The summed E-state index contributed by atoms with van der Waals surface area (Å²) in [7, 11) is 4.91. The van der Waals surface area contributed by atoms with Gasteiger partial charge in [-0.15, -0.1) is 0 Å². The summed E-state index contributed by atoms with van der Waals surface area (Å²) in [5.41, 5.74) is 0.326. The van der Waals surface area contributed by atoms with Gasteiger partial charge in [0.2, 0.25) is 0 Å². The summed E-state index contributed by atoms with van der Waals surface area (Å²) in [6, 6.07) is 5.56. The lowest BCUT2D eigenvalue weighted by atomic mass is 9.84. The van der Waals surface area contributed by atoms with Crippen molar-refractivity contribution in [2.75, 3.05) is 21.3 Å². The third-order valence-corrected chi connectivity index (χ3v) is 4.58. The van der Waals surface area contributed by atoms with Crippen molar-refractivity contribution in [3.05, 3.63) is 23.8 Å². The topological polar surface area (TPSA) is 47.9 Å². The van der Waals surface area contributed by atoms with E-state index in [1.165, 1.54) is 12.8 Å². The predicted molar refractivity (Wildman–Crippen MR) is 81.9 cm³/mol. The van der Waals surface area contributed by atoms with Gasteiger partial charge in [0.05, 0.1) is 19.8 Å². The van der Waals surface area contributed by atoms with Crippen LogP contribution in [-0.4, -0.2) is 32.0 Å². The van der Waals surface area contributed by atoms with Crippen molar-refractivity contribution in [3.63, 3.8) is 0 Å². The van der Waals surface area contributed by atoms with Crippen molar-refractivity contribution in [2.24, 2.45) is 0 Å². The molecular weight excluding hydrogens is 268 g/mol. The number of aliphatic hydroxyl groups is 1. The van der Waals surface area contributed by atoms with Gasteiger partial charge in [0.15, 0.2) is 11.5 Å². The third-order valence-electron chi connectivity index (χ3n) is 4.58. The Labute approximate surface area is 127 Å². The van der Waals surface area contributed by atoms with Gasteiger partial charge in [-0.3, -0.25) is 0 Å². The van der Waals surface area contributed by atoms with Crippen LogP contribution in [0.25, 0.3) is 0 Å². The molecule has 1 aromatic carbocycles. The van der Waals surface area contributed by atoms with E-state index in [0.717, 1.165) is 31.2 Å². The summed E-state index contributed by atoms with van der Waals surface area (Å²) in [6.07, 6.45) is 5.74. The number of hydrogen-bond acceptors (Lipinski definition) is 4. The Morgan fingerprint density at radius 2 is 1.57 bits per heavy atom. The van der Waals surface area contributed by atoms with Crippen molar-refractivity contribution < 1.29 is 19.3 Å². The molecule has 1 N–H and O–H groups in total. The summed E-state index contributed by atoms with van der Waals surface area (Å²) in [6.45, 7) is 0. The molecule has 21 heavy (non-hydrogen) atoms. The minimum atomic E-state index is -0.652. The standard InChI is InChI=1S/C17H26O4/c1-19-14-9-8-13(12-15(14)20-2)16(18)17(21-3)10-6-4-5-7-11-17/h8-9,12,16,18H,4-7,10-11H2,1-3H3. The van der Waals surface area contributed by atoms with Crippen LogP contribution in [0.3, 0.4) is 0 Å². The molecule has 2 rings (SSSR count). The number of ether oxygens (including phenoxy) is 3. The van der Waals surface area contributed by atoms with Gasteiger partial charge >= 0.3 is 0 Å². The fourth-order valence-electron chi connectivity index (χ4n) is 3.24. The first kappa shape index (κ1) is 16.1. The van der Waals surface area contributed by atoms with E-state index in [1.807, 2.05) is 18.2 Å². The van der Waals surface area contributed by atoms with Gasteiger partial charge in [-0.05, 0) is 30.5 Å². The highest BCUT2D eigenvalue weighted by atomic mass is 16.5. The number of hydrogen-bond donors (Lipinski definition) is 1. The van der Waals surface area contributed by atoms with Crippen LogP contribution in [0, 0.1) is 0 Å². The van der Waals surface area contributed by atoms with Crippen molar-refractivity contribution in [1.29, 1.82) is 0 Å². The lowest BCUT2D eigenvalue weighted by Gasteiger charge is -2.36. The second-order valence-electron chi connectivity index (χ2n) is 5.70. The maximum atomic E-state index is 10.9. The molecule has 1 aliphatic carbocycles. The molecule has 0 aromatic heterocycles. The van der Waals surface area contributed by atoms with E-state index in [1.54, 1.807) is 21.3 Å². The SMILES string of the molecule is COc1ccc(C(O)C2(OC)CCCCCC2)cc1OC. The molecule has 0 saturated heterocycles. The van der Waals surface area contributed by atoms with Crippen LogP contribution in [0.1, 0.15) is 50.2 Å². The van der Waals surface area contributed by atoms with Crippen LogP contribution in [-0.2, 0) is 4.74 Å². The Hall–Kier alpha value is -1.26. The molecule has 0 radical (unpaired) electrons. The average Bonchev–Trinajstić information content (AvgIpc) is 2.79. The Bertz CT molecular complexity index is 450. The minimum Gasteiger partial charge on any atom is -0.493 e. The zero-order valence-corrected chi connectivity index (χ0v) is 13.2. The molecule has 4 heteroatoms. The van der Waals surface area contributed by atoms with Crippen molar-refractivity contribution in [1.82, 2.24) is 0 Å². The summed E-state index contributed by atoms with van der Waals surface area (Å²) in [5, 5.41) is 10.9. The molecule has 1 fully saturated rings. The lowest BCUT2D eigenvalue weighted by molar-refractivity contribution is -0.114. The Balaban J connectivity index is 2.30. The van der Waals surface area contributed by atoms with E-state index < -0.39 is 11.7 Å². The molecule has 4 nitrogen and oxygen atoms in total. The highest BCUT2D eigenvalue weighted by Gasteiger charge is 2.39. The fraction of sp³-hybridized carbons (Fsp3) is 0.647. The Kier molecular flexibility index (Phi) is 5.48. The van der Waals surface area contributed by atoms with E-state index in [2.05, 4.69) is 0 Å². The predicted octanol–water partition coefficient (Wildman–Crippen LogP) is 3.48. The van der Waals surface area contributed by atoms with Gasteiger partial charge < -0.3 is 19.3 Å². The minimum absolute atomic E-state index is 0.490. The molecule has 0 heterocycles. The van der Waals surface area contributed by atoms with Gasteiger partial charge in [-0.25, -0.2) is 0 Å². The second-order valence-corrected chi connectivity index (χ2v) is 5.70. The van der Waals surface area contributed by atoms with Gasteiger partial charge in [0.1, 0.15) is 6.10 Å². The molecule has 0 amide bonds. The normalized spacial score (nSPS) is 19.6. The maximum Gasteiger partial charge on any atom is 0.161 e. The van der Waals surface area contributed by atoms with Crippen LogP contribution in [0.15, 0.2) is 18.2 Å². The van der Waals surface area contributed by atoms with E-state index in [-0.39, 0.29) is 0 Å². The molecule has 0 bridgehead atoms. The zero-order valence-electron chi connectivity index (χ0n) is 13.2. The Morgan fingerprint density at radius 3 is 2.10 bits per heavy atom. The zero-order chi connectivity index (χ0) is 15.3. The highest BCUT2D eigenvalue weighted by Crippen LogP contribution is 2.42. The quantitative estimate of drug-likeness (QED) is 0.845. The van der Waals surface area contributed by atoms with Crippen molar-refractivity contribution in [3.8, 4) is 11.5 Å². The fourth-order valence-corrected chi connectivity index (χ4v) is 3.24. The molecule has 1 atom stereocenters. The first-order chi connectivity index (χ1) is 10.2. The summed E-state index contributed by atoms with van der Waals surface area (Å²) < 4.78 is 16.4. The summed E-state index contributed by atoms with van der Waals surface area (Å²) >= 11 is 0. The van der Waals surface area contributed by atoms with Crippen LogP contribution < -0.4 is 9.47 Å². The van der Waals surface area contributed by atoms with Crippen LogP contribution in [0.5, 0.6) is 11.5 Å². The average molecular weight is 294 g/mol. The lowest BCUT2D eigenvalue weighted by Crippen LogP contribution is -2.38. The second kappa shape index (κ2) is 7.14. The van der Waals surface area contributed by atoms with Gasteiger partial charge in [0.25, 0.3) is 0 Å².